The van der Waals surface area contributed by atoms with Crippen molar-refractivity contribution in [1.82, 2.24) is 4.98 Å². The molecule has 106 valence electrons. The molecule has 4 heteroatoms. The Hall–Kier alpha value is -1.39. The summed E-state index contributed by atoms with van der Waals surface area (Å²) in [5.41, 5.74) is 3.58. The summed E-state index contributed by atoms with van der Waals surface area (Å²) >= 11 is 3.53. The van der Waals surface area contributed by atoms with Crippen LogP contribution in [0.3, 0.4) is 0 Å². The average molecular weight is 335 g/mol. The molecule has 3 nitrogen and oxygen atoms in total. The van der Waals surface area contributed by atoms with E-state index in [4.69, 9.17) is 4.74 Å². The first-order chi connectivity index (χ1) is 9.70. The highest BCUT2D eigenvalue weighted by molar-refractivity contribution is 9.10. The number of aromatic nitrogens is 1. The van der Waals surface area contributed by atoms with Crippen molar-refractivity contribution in [3.05, 3.63) is 57.7 Å². The summed E-state index contributed by atoms with van der Waals surface area (Å²) in [5.74, 6) is 0.863. The first-order valence-corrected chi connectivity index (χ1v) is 7.50. The number of halogens is 1. The molecule has 1 aromatic carbocycles. The van der Waals surface area contributed by atoms with Crippen molar-refractivity contribution < 1.29 is 4.74 Å². The first kappa shape index (κ1) is 15.0. The summed E-state index contributed by atoms with van der Waals surface area (Å²) in [7, 11) is 0. The van der Waals surface area contributed by atoms with Gasteiger partial charge in [0.25, 0.3) is 0 Å². The van der Waals surface area contributed by atoms with Gasteiger partial charge in [0.05, 0.1) is 11.1 Å². The number of ether oxygens (including phenoxy) is 1. The van der Waals surface area contributed by atoms with Gasteiger partial charge in [0.2, 0.25) is 0 Å². The lowest BCUT2D eigenvalue weighted by Crippen LogP contribution is -2.06. The molecule has 2 aromatic rings. The number of hydrogen-bond acceptors (Lipinski definition) is 3. The number of nitrogens with zero attached hydrogens (tertiary/aromatic N) is 1. The van der Waals surface area contributed by atoms with Crippen LogP contribution < -0.4 is 5.32 Å². The molecule has 0 saturated heterocycles. The highest BCUT2D eigenvalue weighted by Crippen LogP contribution is 2.21. The van der Waals surface area contributed by atoms with Crippen LogP contribution in [-0.2, 0) is 17.9 Å². The van der Waals surface area contributed by atoms with Gasteiger partial charge in [0.1, 0.15) is 5.82 Å². The molecule has 0 unspecified atom stereocenters. The molecule has 0 radical (unpaired) electrons. The average Bonchev–Trinajstić information content (AvgIpc) is 2.45. The van der Waals surface area contributed by atoms with E-state index in [9.17, 15) is 0 Å². The molecule has 0 aliphatic heterocycles. The van der Waals surface area contributed by atoms with E-state index in [-0.39, 0.29) is 0 Å². The van der Waals surface area contributed by atoms with Crippen molar-refractivity contribution >= 4 is 21.7 Å². The summed E-state index contributed by atoms with van der Waals surface area (Å²) in [6.07, 6.45) is 1.86. The van der Waals surface area contributed by atoms with Crippen molar-refractivity contribution in [2.45, 2.75) is 27.0 Å². The number of nitrogens with one attached hydrogen (secondary N) is 1. The molecule has 2 rings (SSSR count). The second-order valence-corrected chi connectivity index (χ2v) is 5.46. The van der Waals surface area contributed by atoms with Gasteiger partial charge in [-0.15, -0.1) is 0 Å². The fourth-order valence-electron chi connectivity index (χ4n) is 1.93. The van der Waals surface area contributed by atoms with Gasteiger partial charge in [-0.05, 0) is 52.5 Å². The first-order valence-electron chi connectivity index (χ1n) is 6.71. The highest BCUT2D eigenvalue weighted by Gasteiger charge is 2.04. The lowest BCUT2D eigenvalue weighted by atomic mass is 10.1. The minimum atomic E-state index is 0.650. The lowest BCUT2D eigenvalue weighted by molar-refractivity contribution is 0.133. The molecule has 0 bridgehead atoms. The zero-order chi connectivity index (χ0) is 14.4. The Morgan fingerprint density at radius 1 is 1.25 bits per heavy atom. The third-order valence-electron chi connectivity index (χ3n) is 3.00. The van der Waals surface area contributed by atoms with Gasteiger partial charge in [-0.2, -0.15) is 0 Å². The summed E-state index contributed by atoms with van der Waals surface area (Å²) in [6, 6.07) is 10.4. The Morgan fingerprint density at radius 3 is 2.70 bits per heavy atom. The predicted molar refractivity (Wildman–Crippen MR) is 85.8 cm³/mol. The van der Waals surface area contributed by atoms with Crippen LogP contribution in [0.1, 0.15) is 23.6 Å². The molecule has 0 atom stereocenters. The summed E-state index contributed by atoms with van der Waals surface area (Å²) < 4.78 is 6.48. The van der Waals surface area contributed by atoms with E-state index < -0.39 is 0 Å². The van der Waals surface area contributed by atoms with Crippen LogP contribution in [0.5, 0.6) is 0 Å². The molecule has 0 aliphatic carbocycles. The van der Waals surface area contributed by atoms with Crippen molar-refractivity contribution in [3.8, 4) is 0 Å². The van der Waals surface area contributed by atoms with Crippen LogP contribution in [0, 0.1) is 6.92 Å². The summed E-state index contributed by atoms with van der Waals surface area (Å²) in [5, 5.41) is 3.36. The normalized spacial score (nSPS) is 10.6. The third-order valence-corrected chi connectivity index (χ3v) is 3.61. The third kappa shape index (κ3) is 4.05. The molecule has 20 heavy (non-hydrogen) atoms. The maximum Gasteiger partial charge on any atom is 0.140 e. The fraction of sp³-hybridized carbons (Fsp3) is 0.312. The second kappa shape index (κ2) is 7.41. The van der Waals surface area contributed by atoms with Crippen LogP contribution in [0.2, 0.25) is 0 Å². The van der Waals surface area contributed by atoms with E-state index in [0.717, 1.165) is 29.0 Å². The zero-order valence-electron chi connectivity index (χ0n) is 11.8. The largest absolute Gasteiger partial charge is 0.377 e. The smallest absolute Gasteiger partial charge is 0.140 e. The number of pyridine rings is 1. The topological polar surface area (TPSA) is 34.1 Å². The molecule has 1 heterocycles. The van der Waals surface area contributed by atoms with E-state index in [1.807, 2.05) is 32.2 Å². The minimum Gasteiger partial charge on any atom is -0.377 e. The Labute approximate surface area is 128 Å². The molecular weight excluding hydrogens is 316 g/mol. The fourth-order valence-corrected chi connectivity index (χ4v) is 2.53. The van der Waals surface area contributed by atoms with Crippen LogP contribution >= 0.6 is 15.9 Å². The van der Waals surface area contributed by atoms with E-state index in [2.05, 4.69) is 44.4 Å². The van der Waals surface area contributed by atoms with Crippen molar-refractivity contribution in [2.24, 2.45) is 0 Å². The quantitative estimate of drug-likeness (QED) is 0.855. The summed E-state index contributed by atoms with van der Waals surface area (Å²) in [4.78, 5) is 4.40. The van der Waals surface area contributed by atoms with Crippen LogP contribution in [0.15, 0.2) is 41.0 Å². The Balaban J connectivity index is 2.06. The predicted octanol–water partition coefficient (Wildman–Crippen LogP) is 4.30. The molecule has 0 spiro atoms. The molecule has 0 amide bonds. The van der Waals surface area contributed by atoms with Gasteiger partial charge in [-0.25, -0.2) is 4.98 Å². The Kier molecular flexibility index (Phi) is 5.56. The molecule has 1 aromatic heterocycles. The number of anilines is 1. The highest BCUT2D eigenvalue weighted by atomic mass is 79.9. The molecule has 0 aliphatic rings. The van der Waals surface area contributed by atoms with E-state index in [0.29, 0.717) is 6.61 Å². The SMILES string of the molecule is CCOCc1ccccc1CNc1ncc(C)cc1Br. The van der Waals surface area contributed by atoms with E-state index >= 15 is 0 Å². The van der Waals surface area contributed by atoms with Gasteiger partial charge in [-0.1, -0.05) is 24.3 Å². The Morgan fingerprint density at radius 2 is 2.00 bits per heavy atom. The Bertz CT molecular complexity index is 572. The van der Waals surface area contributed by atoms with E-state index in [1.165, 1.54) is 11.1 Å². The lowest BCUT2D eigenvalue weighted by Gasteiger charge is -2.12. The van der Waals surface area contributed by atoms with Gasteiger partial charge in [-0.3, -0.25) is 0 Å². The standard InChI is InChI=1S/C16H19BrN2O/c1-3-20-11-14-7-5-4-6-13(14)10-19-16-15(17)8-12(2)9-18-16/h4-9H,3,10-11H2,1-2H3,(H,18,19). The second-order valence-electron chi connectivity index (χ2n) is 4.60. The summed E-state index contributed by atoms with van der Waals surface area (Å²) in [6.45, 7) is 6.15. The number of aryl methyl sites for hydroxylation is 1. The maximum atomic E-state index is 5.50. The van der Waals surface area contributed by atoms with Crippen LogP contribution in [0.4, 0.5) is 5.82 Å². The molecular formula is C16H19BrN2O. The molecule has 0 fully saturated rings. The van der Waals surface area contributed by atoms with Gasteiger partial charge in [0.15, 0.2) is 0 Å². The number of benzene rings is 1. The molecule has 1 N–H and O–H groups in total. The maximum absolute atomic E-state index is 5.50. The van der Waals surface area contributed by atoms with Gasteiger partial charge >= 0.3 is 0 Å². The van der Waals surface area contributed by atoms with Crippen molar-refractivity contribution in [3.63, 3.8) is 0 Å². The number of rotatable bonds is 6. The monoisotopic (exact) mass is 334 g/mol. The van der Waals surface area contributed by atoms with Crippen molar-refractivity contribution in [2.75, 3.05) is 11.9 Å². The van der Waals surface area contributed by atoms with Crippen LogP contribution in [0.25, 0.3) is 0 Å². The number of hydrogen-bond donors (Lipinski definition) is 1. The van der Waals surface area contributed by atoms with Crippen LogP contribution in [-0.4, -0.2) is 11.6 Å². The van der Waals surface area contributed by atoms with Gasteiger partial charge in [0, 0.05) is 19.3 Å². The minimum absolute atomic E-state index is 0.650. The van der Waals surface area contributed by atoms with E-state index in [1.54, 1.807) is 0 Å². The zero-order valence-corrected chi connectivity index (χ0v) is 13.4. The van der Waals surface area contributed by atoms with Crippen molar-refractivity contribution in [1.29, 1.82) is 0 Å². The van der Waals surface area contributed by atoms with Gasteiger partial charge < -0.3 is 10.1 Å². The molecule has 0 saturated carbocycles.